The maximum Gasteiger partial charge on any atom is -0.0353 e. The van der Waals surface area contributed by atoms with Crippen LogP contribution in [0.2, 0.25) is 0 Å². The predicted molar refractivity (Wildman–Crippen MR) is 85.1 cm³/mol. The first-order valence-electron chi connectivity index (χ1n) is 8.46. The highest BCUT2D eigenvalue weighted by Crippen LogP contribution is 2.23. The smallest absolute Gasteiger partial charge is 0.0353 e. The predicted octanol–water partition coefficient (Wildman–Crippen LogP) is 6.90. The molecule has 0 aromatic rings. The molecule has 0 rings (SSSR count). The second kappa shape index (κ2) is 14.8. The minimum atomic E-state index is 1.02. The summed E-state index contributed by atoms with van der Waals surface area (Å²) in [6, 6.07) is 0. The summed E-state index contributed by atoms with van der Waals surface area (Å²) in [5.74, 6) is 1.02. The van der Waals surface area contributed by atoms with Crippen molar-refractivity contribution in [3.8, 4) is 0 Å². The Kier molecular flexibility index (Phi) is 14.6. The van der Waals surface area contributed by atoms with Crippen LogP contribution >= 0.6 is 0 Å². The molecular weight excluding hydrogens is 216 g/mol. The topological polar surface area (TPSA) is 0 Å². The molecule has 1 atom stereocenters. The fourth-order valence-electron chi connectivity index (χ4n) is 2.68. The third-order valence-corrected chi connectivity index (χ3v) is 3.95. The van der Waals surface area contributed by atoms with Gasteiger partial charge in [-0.1, -0.05) is 90.6 Å². The van der Waals surface area contributed by atoms with Gasteiger partial charge in [-0.25, -0.2) is 0 Å². The SMILES string of the molecule is C=CCCCCCC(CCCC)CCCCCC. The van der Waals surface area contributed by atoms with Crippen molar-refractivity contribution in [2.75, 3.05) is 0 Å². The highest BCUT2D eigenvalue weighted by molar-refractivity contribution is 4.66. The van der Waals surface area contributed by atoms with Crippen LogP contribution in [0, 0.1) is 5.92 Å². The Morgan fingerprint density at radius 2 is 1.28 bits per heavy atom. The van der Waals surface area contributed by atoms with Gasteiger partial charge >= 0.3 is 0 Å². The van der Waals surface area contributed by atoms with E-state index in [1.807, 2.05) is 0 Å². The lowest BCUT2D eigenvalue weighted by Gasteiger charge is -2.16. The Bertz CT molecular complexity index is 159. The standard InChI is InChI=1S/C18H36/c1-4-7-10-12-14-17-18(15-9-6-3)16-13-11-8-5-2/h4,18H,1,5-17H2,2-3H3. The Morgan fingerprint density at radius 1 is 0.722 bits per heavy atom. The maximum absolute atomic E-state index is 3.79. The molecule has 0 aliphatic rings. The third-order valence-electron chi connectivity index (χ3n) is 3.95. The lowest BCUT2D eigenvalue weighted by Crippen LogP contribution is -2.01. The van der Waals surface area contributed by atoms with Gasteiger partial charge in [0.1, 0.15) is 0 Å². The van der Waals surface area contributed by atoms with Crippen molar-refractivity contribution in [2.45, 2.75) is 97.3 Å². The molecule has 0 heterocycles. The van der Waals surface area contributed by atoms with E-state index in [-0.39, 0.29) is 0 Å². The molecule has 0 amide bonds. The van der Waals surface area contributed by atoms with E-state index in [1.54, 1.807) is 0 Å². The Hall–Kier alpha value is -0.260. The maximum atomic E-state index is 3.79. The first-order valence-corrected chi connectivity index (χ1v) is 8.46. The summed E-state index contributed by atoms with van der Waals surface area (Å²) < 4.78 is 0. The molecular formula is C18H36. The zero-order valence-corrected chi connectivity index (χ0v) is 13.1. The number of rotatable bonds is 14. The summed E-state index contributed by atoms with van der Waals surface area (Å²) in [4.78, 5) is 0. The highest BCUT2D eigenvalue weighted by Gasteiger charge is 2.07. The first kappa shape index (κ1) is 17.7. The largest absolute Gasteiger partial charge is 0.103 e. The van der Waals surface area contributed by atoms with Crippen molar-refractivity contribution < 1.29 is 0 Å². The van der Waals surface area contributed by atoms with Gasteiger partial charge in [-0.05, 0) is 18.8 Å². The van der Waals surface area contributed by atoms with Crippen molar-refractivity contribution in [1.29, 1.82) is 0 Å². The Morgan fingerprint density at radius 3 is 1.83 bits per heavy atom. The fraction of sp³-hybridized carbons (Fsp3) is 0.889. The number of hydrogen-bond acceptors (Lipinski definition) is 0. The van der Waals surface area contributed by atoms with E-state index in [1.165, 1.54) is 83.5 Å². The second-order valence-corrected chi connectivity index (χ2v) is 5.78. The summed E-state index contributed by atoms with van der Waals surface area (Å²) in [6.07, 6.45) is 20.4. The van der Waals surface area contributed by atoms with E-state index in [4.69, 9.17) is 0 Å². The fourth-order valence-corrected chi connectivity index (χ4v) is 2.68. The van der Waals surface area contributed by atoms with Crippen molar-refractivity contribution in [3.05, 3.63) is 12.7 Å². The zero-order valence-electron chi connectivity index (χ0n) is 13.1. The normalized spacial score (nSPS) is 12.6. The highest BCUT2D eigenvalue weighted by atomic mass is 14.1. The van der Waals surface area contributed by atoms with Gasteiger partial charge < -0.3 is 0 Å². The Balaban J connectivity index is 3.59. The molecule has 0 heteroatoms. The van der Waals surface area contributed by atoms with Gasteiger partial charge in [-0.15, -0.1) is 6.58 Å². The minimum Gasteiger partial charge on any atom is -0.103 e. The van der Waals surface area contributed by atoms with Crippen LogP contribution < -0.4 is 0 Å². The first-order chi connectivity index (χ1) is 8.85. The van der Waals surface area contributed by atoms with Crippen LogP contribution in [0.25, 0.3) is 0 Å². The van der Waals surface area contributed by atoms with E-state index >= 15 is 0 Å². The van der Waals surface area contributed by atoms with Gasteiger partial charge in [0.15, 0.2) is 0 Å². The minimum absolute atomic E-state index is 1.02. The van der Waals surface area contributed by atoms with Crippen LogP contribution in [-0.4, -0.2) is 0 Å². The summed E-state index contributed by atoms with van der Waals surface area (Å²) in [7, 11) is 0. The number of hydrogen-bond donors (Lipinski definition) is 0. The molecule has 0 radical (unpaired) electrons. The molecule has 108 valence electrons. The zero-order chi connectivity index (χ0) is 13.5. The van der Waals surface area contributed by atoms with Gasteiger partial charge in [-0.2, -0.15) is 0 Å². The van der Waals surface area contributed by atoms with Gasteiger partial charge in [0.05, 0.1) is 0 Å². The molecule has 0 nitrogen and oxygen atoms in total. The molecule has 0 aliphatic carbocycles. The Labute approximate surface area is 116 Å². The molecule has 0 spiro atoms. The summed E-state index contributed by atoms with van der Waals surface area (Å²) in [6.45, 7) is 8.41. The van der Waals surface area contributed by atoms with Gasteiger partial charge in [0.2, 0.25) is 0 Å². The van der Waals surface area contributed by atoms with Crippen molar-refractivity contribution in [2.24, 2.45) is 5.92 Å². The lowest BCUT2D eigenvalue weighted by atomic mass is 9.90. The number of allylic oxidation sites excluding steroid dienone is 1. The summed E-state index contributed by atoms with van der Waals surface area (Å²) in [5, 5.41) is 0. The third kappa shape index (κ3) is 12.2. The van der Waals surface area contributed by atoms with Crippen LogP contribution in [-0.2, 0) is 0 Å². The molecule has 0 N–H and O–H groups in total. The molecule has 18 heavy (non-hydrogen) atoms. The molecule has 0 aliphatic heterocycles. The molecule has 0 aromatic heterocycles. The van der Waals surface area contributed by atoms with Gasteiger partial charge in [-0.3, -0.25) is 0 Å². The molecule has 0 aromatic carbocycles. The average molecular weight is 252 g/mol. The van der Waals surface area contributed by atoms with Crippen LogP contribution in [0.15, 0.2) is 12.7 Å². The van der Waals surface area contributed by atoms with Crippen molar-refractivity contribution in [1.82, 2.24) is 0 Å². The number of unbranched alkanes of at least 4 members (excludes halogenated alkanes) is 7. The second-order valence-electron chi connectivity index (χ2n) is 5.78. The van der Waals surface area contributed by atoms with E-state index in [0.29, 0.717) is 0 Å². The van der Waals surface area contributed by atoms with Crippen molar-refractivity contribution >= 4 is 0 Å². The summed E-state index contributed by atoms with van der Waals surface area (Å²) in [5.41, 5.74) is 0. The van der Waals surface area contributed by atoms with Gasteiger partial charge in [0, 0.05) is 0 Å². The molecule has 0 fully saturated rings. The quantitative estimate of drug-likeness (QED) is 0.233. The monoisotopic (exact) mass is 252 g/mol. The molecule has 1 unspecified atom stereocenters. The van der Waals surface area contributed by atoms with Gasteiger partial charge in [0.25, 0.3) is 0 Å². The van der Waals surface area contributed by atoms with E-state index in [0.717, 1.165) is 5.92 Å². The van der Waals surface area contributed by atoms with Crippen LogP contribution in [0.1, 0.15) is 97.3 Å². The van der Waals surface area contributed by atoms with E-state index < -0.39 is 0 Å². The average Bonchev–Trinajstić information content (AvgIpc) is 2.39. The molecule has 0 saturated heterocycles. The van der Waals surface area contributed by atoms with Crippen LogP contribution in [0.5, 0.6) is 0 Å². The molecule has 0 bridgehead atoms. The van der Waals surface area contributed by atoms with Crippen LogP contribution in [0.3, 0.4) is 0 Å². The van der Waals surface area contributed by atoms with Crippen LogP contribution in [0.4, 0.5) is 0 Å². The summed E-state index contributed by atoms with van der Waals surface area (Å²) >= 11 is 0. The van der Waals surface area contributed by atoms with Crippen molar-refractivity contribution in [3.63, 3.8) is 0 Å². The lowest BCUT2D eigenvalue weighted by molar-refractivity contribution is 0.373. The van der Waals surface area contributed by atoms with E-state index in [2.05, 4.69) is 26.5 Å². The molecule has 0 saturated carbocycles. The van der Waals surface area contributed by atoms with E-state index in [9.17, 15) is 0 Å².